The van der Waals surface area contributed by atoms with Crippen molar-refractivity contribution < 1.29 is 9.16 Å². The third kappa shape index (κ3) is 2.96. The fourth-order valence-corrected chi connectivity index (χ4v) is 4.30. The molecule has 0 N–H and O–H groups in total. The molecule has 0 saturated carbocycles. The number of benzene rings is 2. The SMILES string of the molecule is CCC(C)(C)[Si]OCC1(COC)c2ccccc2-c2ccccc21. The fraction of sp³-hybridized carbons (Fsp3) is 0.429. The van der Waals surface area contributed by atoms with Crippen LogP contribution in [-0.4, -0.2) is 30.1 Å². The van der Waals surface area contributed by atoms with Crippen molar-refractivity contribution in [1.82, 2.24) is 0 Å². The minimum Gasteiger partial charge on any atom is -0.416 e. The third-order valence-electron chi connectivity index (χ3n) is 5.12. The Kier molecular flexibility index (Phi) is 4.95. The maximum Gasteiger partial charge on any atom is 0.236 e. The van der Waals surface area contributed by atoms with Crippen LogP contribution in [0.4, 0.5) is 0 Å². The highest BCUT2D eigenvalue weighted by Crippen LogP contribution is 2.49. The third-order valence-corrected chi connectivity index (χ3v) is 6.31. The van der Waals surface area contributed by atoms with E-state index in [1.54, 1.807) is 7.11 Å². The quantitative estimate of drug-likeness (QED) is 0.672. The highest BCUT2D eigenvalue weighted by atomic mass is 28.2. The minimum absolute atomic E-state index is 0.210. The zero-order valence-corrected chi connectivity index (χ0v) is 16.1. The number of rotatable bonds is 7. The van der Waals surface area contributed by atoms with E-state index in [1.165, 1.54) is 22.3 Å². The van der Waals surface area contributed by atoms with E-state index in [2.05, 4.69) is 69.3 Å². The maximum atomic E-state index is 6.29. The lowest BCUT2D eigenvalue weighted by Crippen LogP contribution is -2.37. The van der Waals surface area contributed by atoms with Crippen LogP contribution in [0, 0.1) is 0 Å². The molecule has 1 aliphatic carbocycles. The summed E-state index contributed by atoms with van der Waals surface area (Å²) in [4.78, 5) is 0. The molecular weight excluding hydrogens is 312 g/mol. The summed E-state index contributed by atoms with van der Waals surface area (Å²) in [5.41, 5.74) is 5.07. The molecule has 3 heteroatoms. The van der Waals surface area contributed by atoms with Crippen LogP contribution < -0.4 is 0 Å². The standard InChI is InChI=1S/C21H26O2Si/c1-5-20(2,3)24-23-15-21(14-22-4)18-12-8-6-10-16(18)17-11-7-9-13-19(17)21/h6-13H,5,14-15H2,1-4H3. The Hall–Kier alpha value is -1.42. The highest BCUT2D eigenvalue weighted by Gasteiger charge is 2.43. The first kappa shape index (κ1) is 17.4. The molecule has 0 atom stereocenters. The summed E-state index contributed by atoms with van der Waals surface area (Å²) in [5, 5.41) is 0.228. The van der Waals surface area contributed by atoms with Gasteiger partial charge in [0.1, 0.15) is 0 Å². The van der Waals surface area contributed by atoms with E-state index in [4.69, 9.17) is 9.16 Å². The highest BCUT2D eigenvalue weighted by molar-refractivity contribution is 6.31. The van der Waals surface area contributed by atoms with Crippen molar-refractivity contribution in [3.63, 3.8) is 0 Å². The molecule has 0 aromatic heterocycles. The van der Waals surface area contributed by atoms with Crippen molar-refractivity contribution in [2.24, 2.45) is 0 Å². The van der Waals surface area contributed by atoms with Crippen molar-refractivity contribution in [3.05, 3.63) is 59.7 Å². The van der Waals surface area contributed by atoms with E-state index in [1.807, 2.05) is 0 Å². The summed E-state index contributed by atoms with van der Waals surface area (Å²) in [6.45, 7) is 8.06. The number of ether oxygens (including phenoxy) is 1. The normalized spacial score (nSPS) is 15.2. The second-order valence-corrected chi connectivity index (χ2v) is 9.08. The van der Waals surface area contributed by atoms with Crippen LogP contribution in [0.3, 0.4) is 0 Å². The lowest BCUT2D eigenvalue weighted by molar-refractivity contribution is 0.114. The molecule has 126 valence electrons. The molecule has 0 saturated heterocycles. The van der Waals surface area contributed by atoms with Gasteiger partial charge in [0.25, 0.3) is 0 Å². The minimum atomic E-state index is -0.210. The van der Waals surface area contributed by atoms with Crippen LogP contribution in [-0.2, 0) is 14.6 Å². The van der Waals surface area contributed by atoms with Crippen LogP contribution in [0.5, 0.6) is 0 Å². The maximum absolute atomic E-state index is 6.29. The molecular formula is C21H26O2Si. The van der Waals surface area contributed by atoms with Crippen molar-refractivity contribution in [2.75, 3.05) is 20.3 Å². The van der Waals surface area contributed by atoms with Crippen molar-refractivity contribution >= 4 is 9.76 Å². The Morgan fingerprint density at radius 3 is 1.96 bits per heavy atom. The van der Waals surface area contributed by atoms with Gasteiger partial charge in [0, 0.05) is 13.7 Å². The summed E-state index contributed by atoms with van der Waals surface area (Å²) in [7, 11) is 2.27. The smallest absolute Gasteiger partial charge is 0.236 e. The summed E-state index contributed by atoms with van der Waals surface area (Å²) < 4.78 is 12.0. The van der Waals surface area contributed by atoms with Gasteiger partial charge in [-0.25, -0.2) is 0 Å². The van der Waals surface area contributed by atoms with E-state index < -0.39 is 0 Å². The molecule has 0 spiro atoms. The van der Waals surface area contributed by atoms with Gasteiger partial charge in [-0.2, -0.15) is 0 Å². The predicted octanol–water partition coefficient (Wildman–Crippen LogP) is 4.84. The van der Waals surface area contributed by atoms with E-state index in [0.717, 1.165) is 6.42 Å². The first-order valence-corrected chi connectivity index (χ1v) is 9.52. The molecule has 2 aromatic rings. The van der Waals surface area contributed by atoms with Gasteiger partial charge >= 0.3 is 0 Å². The first-order valence-electron chi connectivity index (χ1n) is 8.61. The van der Waals surface area contributed by atoms with Gasteiger partial charge in [0.15, 0.2) is 0 Å². The van der Waals surface area contributed by atoms with Crippen LogP contribution in [0.2, 0.25) is 5.04 Å². The Morgan fingerprint density at radius 2 is 1.46 bits per heavy atom. The molecule has 2 aromatic carbocycles. The van der Waals surface area contributed by atoms with Crippen LogP contribution >= 0.6 is 0 Å². The number of hydrogen-bond donors (Lipinski definition) is 0. The number of fused-ring (bicyclic) bond motifs is 3. The van der Waals surface area contributed by atoms with E-state index >= 15 is 0 Å². The summed E-state index contributed by atoms with van der Waals surface area (Å²) >= 11 is 0. The first-order chi connectivity index (χ1) is 11.5. The molecule has 1 aliphatic rings. The molecule has 0 amide bonds. The largest absolute Gasteiger partial charge is 0.416 e. The molecule has 2 radical (unpaired) electrons. The fourth-order valence-electron chi connectivity index (χ4n) is 3.44. The van der Waals surface area contributed by atoms with Gasteiger partial charge in [0.2, 0.25) is 9.76 Å². The lowest BCUT2D eigenvalue weighted by atomic mass is 9.80. The van der Waals surface area contributed by atoms with Crippen LogP contribution in [0.25, 0.3) is 11.1 Å². The van der Waals surface area contributed by atoms with Crippen molar-refractivity contribution in [3.8, 4) is 11.1 Å². The van der Waals surface area contributed by atoms with Crippen LogP contribution in [0.15, 0.2) is 48.5 Å². The number of methoxy groups -OCH3 is 1. The van der Waals surface area contributed by atoms with Gasteiger partial charge in [-0.1, -0.05) is 75.7 Å². The topological polar surface area (TPSA) is 18.5 Å². The Morgan fingerprint density at radius 1 is 0.917 bits per heavy atom. The van der Waals surface area contributed by atoms with Gasteiger partial charge < -0.3 is 9.16 Å². The van der Waals surface area contributed by atoms with E-state index in [9.17, 15) is 0 Å². The second kappa shape index (κ2) is 6.83. The molecule has 0 aliphatic heterocycles. The zero-order chi connectivity index (χ0) is 17.2. The van der Waals surface area contributed by atoms with Gasteiger partial charge in [-0.15, -0.1) is 0 Å². The molecule has 0 fully saturated rings. The summed E-state index contributed by atoms with van der Waals surface area (Å²) in [6, 6.07) is 17.3. The van der Waals surface area contributed by atoms with Gasteiger partial charge in [0.05, 0.1) is 12.0 Å². The van der Waals surface area contributed by atoms with E-state index in [0.29, 0.717) is 23.0 Å². The van der Waals surface area contributed by atoms with Crippen molar-refractivity contribution in [1.29, 1.82) is 0 Å². The number of hydrogen-bond acceptors (Lipinski definition) is 2. The molecule has 0 bridgehead atoms. The Bertz CT molecular complexity index is 663. The molecule has 2 nitrogen and oxygen atoms in total. The molecule has 0 heterocycles. The lowest BCUT2D eigenvalue weighted by Gasteiger charge is -2.32. The van der Waals surface area contributed by atoms with Gasteiger partial charge in [-0.05, 0) is 27.3 Å². The average molecular weight is 339 g/mol. The van der Waals surface area contributed by atoms with Crippen LogP contribution in [0.1, 0.15) is 38.3 Å². The van der Waals surface area contributed by atoms with Gasteiger partial charge in [-0.3, -0.25) is 0 Å². The van der Waals surface area contributed by atoms with Crippen molar-refractivity contribution in [2.45, 2.75) is 37.6 Å². The Balaban J connectivity index is 2.00. The average Bonchev–Trinajstić information content (AvgIpc) is 2.87. The molecule has 24 heavy (non-hydrogen) atoms. The predicted molar refractivity (Wildman–Crippen MR) is 101 cm³/mol. The van der Waals surface area contributed by atoms with E-state index in [-0.39, 0.29) is 10.5 Å². The Labute approximate surface area is 148 Å². The monoisotopic (exact) mass is 338 g/mol. The second-order valence-electron chi connectivity index (χ2n) is 7.23. The summed E-state index contributed by atoms with van der Waals surface area (Å²) in [5.74, 6) is 0. The molecule has 3 rings (SSSR count). The molecule has 0 unspecified atom stereocenters. The zero-order valence-electron chi connectivity index (χ0n) is 15.1. The summed E-state index contributed by atoms with van der Waals surface area (Å²) in [6.07, 6.45) is 1.12.